The van der Waals surface area contributed by atoms with Gasteiger partial charge in [0.1, 0.15) is 10.9 Å². The van der Waals surface area contributed by atoms with Crippen molar-refractivity contribution in [3.05, 3.63) is 21.3 Å². The smallest absolute Gasteiger partial charge is 0.326 e. The molecule has 88 valence electrons. The standard InChI is InChI=1S/C10H12ClNO3S/c1-3-7(10(14)15)12(2)9(13)8-6(11)4-5-16-8/h4-5,7H,3H2,1-2H3,(H,14,15). The Labute approximate surface area is 102 Å². The van der Waals surface area contributed by atoms with Crippen molar-refractivity contribution in [3.8, 4) is 0 Å². The van der Waals surface area contributed by atoms with E-state index in [0.717, 1.165) is 0 Å². The number of likely N-dealkylation sites (N-methyl/N-ethyl adjacent to an activating group) is 1. The molecule has 0 bridgehead atoms. The SMILES string of the molecule is CCC(C(=O)O)N(C)C(=O)c1sccc1Cl. The molecule has 6 heteroatoms. The largest absolute Gasteiger partial charge is 0.480 e. The lowest BCUT2D eigenvalue weighted by Crippen LogP contribution is -2.41. The van der Waals surface area contributed by atoms with E-state index >= 15 is 0 Å². The minimum Gasteiger partial charge on any atom is -0.480 e. The molecule has 1 atom stereocenters. The Morgan fingerprint density at radius 1 is 1.62 bits per heavy atom. The van der Waals surface area contributed by atoms with E-state index in [9.17, 15) is 9.59 Å². The molecule has 0 saturated carbocycles. The van der Waals surface area contributed by atoms with Crippen molar-refractivity contribution in [1.29, 1.82) is 0 Å². The van der Waals surface area contributed by atoms with Crippen LogP contribution in [0.5, 0.6) is 0 Å². The minimum absolute atomic E-state index is 0.353. The first kappa shape index (κ1) is 13.0. The van der Waals surface area contributed by atoms with Crippen LogP contribution in [0.2, 0.25) is 5.02 Å². The van der Waals surface area contributed by atoms with Gasteiger partial charge in [-0.05, 0) is 17.9 Å². The third-order valence-corrected chi connectivity index (χ3v) is 3.60. The van der Waals surface area contributed by atoms with E-state index in [4.69, 9.17) is 16.7 Å². The number of amides is 1. The van der Waals surface area contributed by atoms with Crippen molar-refractivity contribution in [2.75, 3.05) is 7.05 Å². The first-order valence-corrected chi connectivity index (χ1v) is 5.97. The Bertz CT molecular complexity index is 405. The van der Waals surface area contributed by atoms with E-state index in [2.05, 4.69) is 0 Å². The predicted octanol–water partition coefficient (Wildman–Crippen LogP) is 2.34. The van der Waals surface area contributed by atoms with Gasteiger partial charge in [0.25, 0.3) is 5.91 Å². The molecule has 0 aliphatic heterocycles. The summed E-state index contributed by atoms with van der Waals surface area (Å²) in [5.74, 6) is -1.36. The van der Waals surface area contributed by atoms with Gasteiger partial charge in [0.15, 0.2) is 0 Å². The summed E-state index contributed by atoms with van der Waals surface area (Å²) in [6, 6.07) is 0.806. The second-order valence-electron chi connectivity index (χ2n) is 3.28. The number of nitrogens with zero attached hydrogens (tertiary/aromatic N) is 1. The number of halogens is 1. The highest BCUT2D eigenvalue weighted by Gasteiger charge is 2.27. The van der Waals surface area contributed by atoms with Gasteiger partial charge in [-0.15, -0.1) is 11.3 Å². The second-order valence-corrected chi connectivity index (χ2v) is 4.60. The number of carboxylic acid groups (broad SMARTS) is 1. The van der Waals surface area contributed by atoms with Crippen LogP contribution < -0.4 is 0 Å². The van der Waals surface area contributed by atoms with Crippen molar-refractivity contribution in [1.82, 2.24) is 4.90 Å². The number of hydrogen-bond acceptors (Lipinski definition) is 3. The fraction of sp³-hybridized carbons (Fsp3) is 0.400. The van der Waals surface area contributed by atoms with Crippen LogP contribution in [0.25, 0.3) is 0 Å². The van der Waals surface area contributed by atoms with Gasteiger partial charge in [-0.1, -0.05) is 18.5 Å². The van der Waals surface area contributed by atoms with E-state index in [-0.39, 0.29) is 5.91 Å². The molecule has 0 spiro atoms. The molecule has 1 amide bonds. The van der Waals surface area contributed by atoms with E-state index in [0.29, 0.717) is 16.3 Å². The zero-order chi connectivity index (χ0) is 12.3. The summed E-state index contributed by atoms with van der Waals surface area (Å²) in [6.07, 6.45) is 0.362. The molecule has 0 fully saturated rings. The van der Waals surface area contributed by atoms with Gasteiger partial charge in [-0.3, -0.25) is 4.79 Å². The first-order valence-electron chi connectivity index (χ1n) is 4.72. The molecule has 0 aliphatic rings. The number of rotatable bonds is 4. The minimum atomic E-state index is -1.01. The van der Waals surface area contributed by atoms with Crippen molar-refractivity contribution in [2.24, 2.45) is 0 Å². The molecule has 0 saturated heterocycles. The summed E-state index contributed by atoms with van der Waals surface area (Å²) >= 11 is 7.03. The van der Waals surface area contributed by atoms with Crippen LogP contribution in [0.15, 0.2) is 11.4 Å². The molecular formula is C10H12ClNO3S. The molecule has 4 nitrogen and oxygen atoms in total. The van der Waals surface area contributed by atoms with E-state index in [1.54, 1.807) is 18.4 Å². The molecule has 1 heterocycles. The molecule has 16 heavy (non-hydrogen) atoms. The van der Waals surface area contributed by atoms with Gasteiger partial charge < -0.3 is 10.0 Å². The highest BCUT2D eigenvalue weighted by molar-refractivity contribution is 7.12. The van der Waals surface area contributed by atoms with Crippen molar-refractivity contribution in [3.63, 3.8) is 0 Å². The lowest BCUT2D eigenvalue weighted by molar-refractivity contribution is -0.142. The maximum Gasteiger partial charge on any atom is 0.326 e. The van der Waals surface area contributed by atoms with Crippen LogP contribution in [-0.4, -0.2) is 35.0 Å². The van der Waals surface area contributed by atoms with Crippen LogP contribution in [-0.2, 0) is 4.79 Å². The first-order chi connectivity index (χ1) is 7.49. The molecule has 1 unspecified atom stereocenters. The fourth-order valence-electron chi connectivity index (χ4n) is 1.36. The summed E-state index contributed by atoms with van der Waals surface area (Å²) in [5, 5.41) is 11.0. The summed E-state index contributed by atoms with van der Waals surface area (Å²) in [5.41, 5.74) is 0. The maximum absolute atomic E-state index is 11.9. The van der Waals surface area contributed by atoms with Gasteiger partial charge in [0.2, 0.25) is 0 Å². The lowest BCUT2D eigenvalue weighted by atomic mass is 10.2. The topological polar surface area (TPSA) is 57.6 Å². The predicted molar refractivity (Wildman–Crippen MR) is 63.1 cm³/mol. The highest BCUT2D eigenvalue weighted by atomic mass is 35.5. The van der Waals surface area contributed by atoms with Gasteiger partial charge in [-0.2, -0.15) is 0 Å². The zero-order valence-electron chi connectivity index (χ0n) is 8.94. The van der Waals surface area contributed by atoms with Gasteiger partial charge in [-0.25, -0.2) is 4.79 Å². The van der Waals surface area contributed by atoms with Crippen molar-refractivity contribution >= 4 is 34.8 Å². The molecule has 1 rings (SSSR count). The molecule has 0 radical (unpaired) electrons. The van der Waals surface area contributed by atoms with Crippen LogP contribution in [0.3, 0.4) is 0 Å². The Balaban J connectivity index is 2.90. The molecule has 1 aromatic rings. The second kappa shape index (κ2) is 5.32. The summed E-state index contributed by atoms with van der Waals surface area (Å²) in [7, 11) is 1.47. The molecular weight excluding hydrogens is 250 g/mol. The summed E-state index contributed by atoms with van der Waals surface area (Å²) < 4.78 is 0. The average Bonchev–Trinajstić information content (AvgIpc) is 2.63. The van der Waals surface area contributed by atoms with Crippen molar-refractivity contribution in [2.45, 2.75) is 19.4 Å². The average molecular weight is 262 g/mol. The quantitative estimate of drug-likeness (QED) is 0.905. The van der Waals surface area contributed by atoms with E-state index in [1.165, 1.54) is 23.3 Å². The third kappa shape index (κ3) is 2.54. The van der Waals surface area contributed by atoms with Crippen LogP contribution >= 0.6 is 22.9 Å². The van der Waals surface area contributed by atoms with E-state index in [1.807, 2.05) is 0 Å². The number of hydrogen-bond donors (Lipinski definition) is 1. The summed E-state index contributed by atoms with van der Waals surface area (Å²) in [4.78, 5) is 24.4. The highest BCUT2D eigenvalue weighted by Crippen LogP contribution is 2.24. The molecule has 0 aromatic carbocycles. The van der Waals surface area contributed by atoms with E-state index < -0.39 is 12.0 Å². The zero-order valence-corrected chi connectivity index (χ0v) is 10.5. The number of carbonyl (C=O) groups excluding carboxylic acids is 1. The van der Waals surface area contributed by atoms with Crippen molar-refractivity contribution < 1.29 is 14.7 Å². The maximum atomic E-state index is 11.9. The van der Waals surface area contributed by atoms with Gasteiger partial charge in [0.05, 0.1) is 5.02 Å². The molecule has 1 N–H and O–H groups in total. The number of carbonyl (C=O) groups is 2. The third-order valence-electron chi connectivity index (χ3n) is 2.27. The number of thiophene rings is 1. The van der Waals surface area contributed by atoms with Crippen LogP contribution in [0, 0.1) is 0 Å². The molecule has 1 aromatic heterocycles. The summed E-state index contributed by atoms with van der Waals surface area (Å²) in [6.45, 7) is 1.72. The fourth-order valence-corrected chi connectivity index (χ4v) is 2.48. The van der Waals surface area contributed by atoms with Gasteiger partial charge in [0, 0.05) is 7.05 Å². The Hall–Kier alpha value is -1.07. The molecule has 0 aliphatic carbocycles. The lowest BCUT2D eigenvalue weighted by Gasteiger charge is -2.23. The monoisotopic (exact) mass is 261 g/mol. The normalized spacial score (nSPS) is 12.2. The van der Waals surface area contributed by atoms with Gasteiger partial charge >= 0.3 is 5.97 Å². The number of carboxylic acids is 1. The Morgan fingerprint density at radius 3 is 2.62 bits per heavy atom. The number of aliphatic carboxylic acids is 1. The Morgan fingerprint density at radius 2 is 2.25 bits per heavy atom. The van der Waals surface area contributed by atoms with Crippen LogP contribution in [0.1, 0.15) is 23.0 Å². The van der Waals surface area contributed by atoms with Crippen LogP contribution in [0.4, 0.5) is 0 Å². The Kier molecular flexibility index (Phi) is 4.32.